The second kappa shape index (κ2) is 10.2. The number of hydrogen-bond donors (Lipinski definition) is 1. The predicted molar refractivity (Wildman–Crippen MR) is 78.9 cm³/mol. The van der Waals surface area contributed by atoms with E-state index in [4.69, 9.17) is 19.6 Å². The average molecular weight is 302 g/mol. The van der Waals surface area contributed by atoms with Gasteiger partial charge in [0.05, 0.1) is 18.8 Å². The monoisotopic (exact) mass is 301 g/mol. The molecule has 0 fully saturated rings. The number of nitrogens with one attached hydrogen (secondary N) is 1. The summed E-state index contributed by atoms with van der Waals surface area (Å²) in [5.41, 5.74) is 1.08. The van der Waals surface area contributed by atoms with Crippen LogP contribution in [0, 0.1) is 5.41 Å². The van der Waals surface area contributed by atoms with E-state index in [9.17, 15) is 4.79 Å². The van der Waals surface area contributed by atoms with Gasteiger partial charge < -0.3 is 14.2 Å². The van der Waals surface area contributed by atoms with Gasteiger partial charge in [0.15, 0.2) is 0 Å². The molecule has 1 rings (SSSR count). The van der Waals surface area contributed by atoms with Gasteiger partial charge in [-0.05, 0) is 38.1 Å². The Morgan fingerprint density at radius 2 is 1.60 bits per heavy atom. The molecule has 0 bridgehead atoms. The van der Waals surface area contributed by atoms with E-state index < -0.39 is 5.97 Å². The Morgan fingerprint density at radius 1 is 1.00 bits per heavy atom. The number of ether oxygens (including phenoxy) is 3. The summed E-state index contributed by atoms with van der Waals surface area (Å²) in [4.78, 5) is 11.7. The van der Waals surface area contributed by atoms with Gasteiger partial charge in [-0.1, -0.05) is 0 Å². The lowest BCUT2D eigenvalue weighted by molar-refractivity contribution is 0.0335. The van der Waals surface area contributed by atoms with E-state index in [1.807, 2.05) is 13.8 Å². The van der Waals surface area contributed by atoms with E-state index in [0.717, 1.165) is 0 Å². The lowest BCUT2D eigenvalue weighted by Gasteiger charge is -2.07. The standard InChI is InChI=1S/C14H19NO4.ClH/c1-3-17-9-10-19-14(16)12-7-5-11(6-8-12)13(15)18-4-2;/h5-8,15H,3-4,9-10H2,1-2H3;1H. The third kappa shape index (κ3) is 6.04. The Morgan fingerprint density at radius 3 is 2.15 bits per heavy atom. The smallest absolute Gasteiger partial charge is 0.338 e. The summed E-state index contributed by atoms with van der Waals surface area (Å²) >= 11 is 0. The second-order valence-corrected chi connectivity index (χ2v) is 3.67. The summed E-state index contributed by atoms with van der Waals surface area (Å²) in [6.45, 7) is 5.39. The van der Waals surface area contributed by atoms with Gasteiger partial charge in [-0.3, -0.25) is 5.41 Å². The van der Waals surface area contributed by atoms with Gasteiger partial charge in [0, 0.05) is 12.2 Å². The zero-order valence-corrected chi connectivity index (χ0v) is 12.5. The van der Waals surface area contributed by atoms with E-state index in [1.165, 1.54) is 0 Å². The molecule has 0 amide bonds. The molecule has 0 heterocycles. The van der Waals surface area contributed by atoms with Gasteiger partial charge >= 0.3 is 5.97 Å². The molecule has 0 radical (unpaired) electrons. The van der Waals surface area contributed by atoms with Crippen LogP contribution >= 0.6 is 12.4 Å². The number of carbonyl (C=O) groups excluding carboxylic acids is 1. The van der Waals surface area contributed by atoms with Crippen molar-refractivity contribution in [2.75, 3.05) is 26.4 Å². The highest BCUT2D eigenvalue weighted by Gasteiger charge is 2.08. The molecule has 112 valence electrons. The summed E-state index contributed by atoms with van der Waals surface area (Å²) in [5, 5.41) is 7.61. The van der Waals surface area contributed by atoms with Gasteiger partial charge in [0.1, 0.15) is 6.61 Å². The third-order valence-electron chi connectivity index (χ3n) is 2.34. The van der Waals surface area contributed by atoms with Crippen molar-refractivity contribution in [3.63, 3.8) is 0 Å². The van der Waals surface area contributed by atoms with E-state index >= 15 is 0 Å². The summed E-state index contributed by atoms with van der Waals surface area (Å²) in [6.07, 6.45) is 0. The van der Waals surface area contributed by atoms with E-state index in [0.29, 0.717) is 30.9 Å². The minimum Gasteiger partial charge on any atom is -0.478 e. The zero-order valence-electron chi connectivity index (χ0n) is 11.7. The van der Waals surface area contributed by atoms with Crippen molar-refractivity contribution in [1.82, 2.24) is 0 Å². The van der Waals surface area contributed by atoms with E-state index in [1.54, 1.807) is 24.3 Å². The van der Waals surface area contributed by atoms with E-state index in [2.05, 4.69) is 0 Å². The second-order valence-electron chi connectivity index (χ2n) is 3.67. The number of esters is 1. The van der Waals surface area contributed by atoms with Crippen LogP contribution in [0.2, 0.25) is 0 Å². The fraction of sp³-hybridized carbons (Fsp3) is 0.429. The molecule has 20 heavy (non-hydrogen) atoms. The highest BCUT2D eigenvalue weighted by molar-refractivity contribution is 5.94. The normalized spacial score (nSPS) is 9.50. The van der Waals surface area contributed by atoms with Crippen molar-refractivity contribution in [1.29, 1.82) is 5.41 Å². The topological polar surface area (TPSA) is 68.6 Å². The number of halogens is 1. The van der Waals surface area contributed by atoms with Gasteiger partial charge in [0.2, 0.25) is 5.90 Å². The van der Waals surface area contributed by atoms with Crippen LogP contribution in [0.25, 0.3) is 0 Å². The molecule has 1 N–H and O–H groups in total. The van der Waals surface area contributed by atoms with Gasteiger partial charge in [-0.2, -0.15) is 0 Å². The van der Waals surface area contributed by atoms with Crippen molar-refractivity contribution >= 4 is 24.3 Å². The first-order chi connectivity index (χ1) is 9.19. The molecule has 0 aliphatic rings. The Kier molecular flexibility index (Phi) is 9.41. The van der Waals surface area contributed by atoms with Crippen LogP contribution < -0.4 is 0 Å². The Hall–Kier alpha value is -1.59. The summed E-state index contributed by atoms with van der Waals surface area (Å²) < 4.78 is 15.2. The molecule has 0 aliphatic carbocycles. The fourth-order valence-electron chi connectivity index (χ4n) is 1.41. The number of carbonyl (C=O) groups is 1. The molecule has 5 nitrogen and oxygen atoms in total. The first kappa shape index (κ1) is 18.4. The molecule has 1 aromatic carbocycles. The van der Waals surface area contributed by atoms with Crippen LogP contribution in [0.1, 0.15) is 29.8 Å². The highest BCUT2D eigenvalue weighted by Crippen LogP contribution is 2.07. The predicted octanol–water partition coefficient (Wildman–Crippen LogP) is 2.66. The lowest BCUT2D eigenvalue weighted by Crippen LogP contribution is -2.11. The number of rotatable bonds is 7. The molecule has 1 aromatic rings. The molecule has 0 saturated carbocycles. The van der Waals surface area contributed by atoms with Crippen molar-refractivity contribution in [2.45, 2.75) is 13.8 Å². The summed E-state index contributed by atoms with van der Waals surface area (Å²) in [6, 6.07) is 6.56. The van der Waals surface area contributed by atoms with Crippen LogP contribution in [0.4, 0.5) is 0 Å². The van der Waals surface area contributed by atoms with E-state index in [-0.39, 0.29) is 24.9 Å². The highest BCUT2D eigenvalue weighted by atomic mass is 35.5. The number of hydrogen-bond acceptors (Lipinski definition) is 5. The van der Waals surface area contributed by atoms with Crippen LogP contribution in [0.5, 0.6) is 0 Å². The fourth-order valence-corrected chi connectivity index (χ4v) is 1.41. The van der Waals surface area contributed by atoms with Gasteiger partial charge in [-0.15, -0.1) is 12.4 Å². The Balaban J connectivity index is 0.00000361. The largest absolute Gasteiger partial charge is 0.478 e. The molecule has 0 atom stereocenters. The van der Waals surface area contributed by atoms with Crippen LogP contribution in [0.15, 0.2) is 24.3 Å². The summed E-state index contributed by atoms with van der Waals surface area (Å²) in [5.74, 6) is -0.298. The molecule has 0 aromatic heterocycles. The Bertz CT molecular complexity index is 420. The Labute approximate surface area is 125 Å². The van der Waals surface area contributed by atoms with Crippen molar-refractivity contribution < 1.29 is 19.0 Å². The van der Waals surface area contributed by atoms with Crippen LogP contribution in [0.3, 0.4) is 0 Å². The maximum atomic E-state index is 11.7. The minimum atomic E-state index is -0.394. The first-order valence-corrected chi connectivity index (χ1v) is 6.25. The van der Waals surface area contributed by atoms with Gasteiger partial charge in [0.25, 0.3) is 0 Å². The van der Waals surface area contributed by atoms with Crippen molar-refractivity contribution in [3.8, 4) is 0 Å². The number of benzene rings is 1. The van der Waals surface area contributed by atoms with Crippen molar-refractivity contribution in [2.24, 2.45) is 0 Å². The molecule has 0 spiro atoms. The van der Waals surface area contributed by atoms with Crippen LogP contribution in [-0.4, -0.2) is 38.3 Å². The molecule has 0 unspecified atom stereocenters. The maximum Gasteiger partial charge on any atom is 0.338 e. The summed E-state index contributed by atoms with van der Waals surface area (Å²) in [7, 11) is 0. The van der Waals surface area contributed by atoms with Gasteiger partial charge in [-0.25, -0.2) is 4.79 Å². The SMILES string of the molecule is CCOCCOC(=O)c1ccc(C(=N)OCC)cc1.Cl. The van der Waals surface area contributed by atoms with Crippen LogP contribution in [-0.2, 0) is 14.2 Å². The third-order valence-corrected chi connectivity index (χ3v) is 2.34. The average Bonchev–Trinajstić information content (AvgIpc) is 2.44. The molecule has 0 aliphatic heterocycles. The minimum absolute atomic E-state index is 0. The molecule has 0 saturated heterocycles. The molecular weight excluding hydrogens is 282 g/mol. The zero-order chi connectivity index (χ0) is 14.1. The van der Waals surface area contributed by atoms with Crippen molar-refractivity contribution in [3.05, 3.63) is 35.4 Å². The molecular formula is C14H20ClNO4. The first-order valence-electron chi connectivity index (χ1n) is 6.25. The molecule has 6 heteroatoms. The maximum absolute atomic E-state index is 11.7. The lowest BCUT2D eigenvalue weighted by atomic mass is 10.1. The quantitative estimate of drug-likeness (QED) is 0.364.